The van der Waals surface area contributed by atoms with Crippen LogP contribution in [-0.4, -0.2) is 34.6 Å². The predicted molar refractivity (Wildman–Crippen MR) is 108 cm³/mol. The highest BCUT2D eigenvalue weighted by Crippen LogP contribution is 2.34. The summed E-state index contributed by atoms with van der Waals surface area (Å²) in [5.41, 5.74) is 5.32. The van der Waals surface area contributed by atoms with Gasteiger partial charge in [0, 0.05) is 30.6 Å². The molecule has 0 aliphatic carbocycles. The van der Waals surface area contributed by atoms with Crippen LogP contribution in [-0.2, 0) is 19.5 Å². The van der Waals surface area contributed by atoms with E-state index >= 15 is 0 Å². The van der Waals surface area contributed by atoms with E-state index < -0.39 is 0 Å². The van der Waals surface area contributed by atoms with Crippen LogP contribution < -0.4 is 0 Å². The van der Waals surface area contributed by atoms with E-state index in [0.29, 0.717) is 0 Å². The number of benzene rings is 2. The first-order valence-electron chi connectivity index (χ1n) is 9.54. The summed E-state index contributed by atoms with van der Waals surface area (Å²) in [6.45, 7) is 3.65. The molecule has 3 aromatic heterocycles. The zero-order chi connectivity index (χ0) is 19.6. The summed E-state index contributed by atoms with van der Waals surface area (Å²) in [6.07, 6.45) is 4.39. The number of aromatic nitrogens is 7. The first-order chi connectivity index (χ1) is 14.3. The quantitative estimate of drug-likeness (QED) is 0.444. The maximum Gasteiger partial charge on any atom is 0.144 e. The third kappa shape index (κ3) is 3.08. The van der Waals surface area contributed by atoms with Gasteiger partial charge in [0.05, 0.1) is 17.7 Å². The maximum atomic E-state index is 4.99. The van der Waals surface area contributed by atoms with Gasteiger partial charge in [0.2, 0.25) is 0 Å². The molecular weight excluding hydrogens is 366 g/mol. The van der Waals surface area contributed by atoms with E-state index in [0.717, 1.165) is 58.9 Å². The first-order valence-corrected chi connectivity index (χ1v) is 9.54. The minimum atomic E-state index is 0.718. The lowest BCUT2D eigenvalue weighted by atomic mass is 10.0. The van der Waals surface area contributed by atoms with Crippen molar-refractivity contribution >= 4 is 11.0 Å². The number of aryl methyl sites for hydroxylation is 3. The third-order valence-electron chi connectivity index (χ3n) is 5.04. The highest BCUT2D eigenvalue weighted by molar-refractivity contribution is 5.94. The molecule has 0 saturated carbocycles. The molecule has 0 amide bonds. The number of nitrogens with zero attached hydrogens (tertiary/aromatic N) is 7. The smallest absolute Gasteiger partial charge is 0.144 e. The monoisotopic (exact) mass is 385 g/mol. The Morgan fingerprint density at radius 2 is 1.83 bits per heavy atom. The molecule has 0 aliphatic rings. The van der Waals surface area contributed by atoms with Crippen molar-refractivity contribution in [2.75, 3.05) is 0 Å². The van der Waals surface area contributed by atoms with E-state index in [9.17, 15) is 0 Å². The van der Waals surface area contributed by atoms with E-state index in [-0.39, 0.29) is 0 Å². The Morgan fingerprint density at radius 3 is 2.69 bits per heavy atom. The SMILES string of the molecule is CCn1cnnc1CCn1cnc(-c2ccccc2)c1-c1cccc2nonc12. The summed E-state index contributed by atoms with van der Waals surface area (Å²) in [7, 11) is 0. The van der Waals surface area contributed by atoms with Crippen molar-refractivity contribution in [2.24, 2.45) is 0 Å². The molecular formula is C21H19N7O. The van der Waals surface area contributed by atoms with Gasteiger partial charge in [-0.15, -0.1) is 10.2 Å². The molecule has 8 heteroatoms. The molecule has 29 heavy (non-hydrogen) atoms. The summed E-state index contributed by atoms with van der Waals surface area (Å²) in [5, 5.41) is 16.4. The second kappa shape index (κ2) is 7.31. The van der Waals surface area contributed by atoms with Gasteiger partial charge in [-0.25, -0.2) is 9.61 Å². The van der Waals surface area contributed by atoms with Crippen molar-refractivity contribution in [2.45, 2.75) is 26.4 Å². The molecule has 8 nitrogen and oxygen atoms in total. The van der Waals surface area contributed by atoms with Crippen LogP contribution in [0.2, 0.25) is 0 Å². The van der Waals surface area contributed by atoms with Crippen LogP contribution in [0.25, 0.3) is 33.5 Å². The molecule has 3 heterocycles. The molecule has 0 unspecified atom stereocenters. The van der Waals surface area contributed by atoms with Crippen LogP contribution >= 0.6 is 0 Å². The number of hydrogen-bond donors (Lipinski definition) is 0. The lowest BCUT2D eigenvalue weighted by Crippen LogP contribution is -2.08. The fraction of sp³-hybridized carbons (Fsp3) is 0.190. The van der Waals surface area contributed by atoms with Gasteiger partial charge in [0.1, 0.15) is 23.2 Å². The average Bonchev–Trinajstić information content (AvgIpc) is 3.51. The van der Waals surface area contributed by atoms with Gasteiger partial charge in [-0.3, -0.25) is 0 Å². The molecule has 5 aromatic rings. The van der Waals surface area contributed by atoms with Crippen LogP contribution in [0.1, 0.15) is 12.7 Å². The summed E-state index contributed by atoms with van der Waals surface area (Å²) in [5.74, 6) is 0.953. The van der Waals surface area contributed by atoms with Crippen molar-refractivity contribution in [3.05, 3.63) is 67.0 Å². The van der Waals surface area contributed by atoms with Gasteiger partial charge in [0.15, 0.2) is 0 Å². The van der Waals surface area contributed by atoms with Gasteiger partial charge in [0.25, 0.3) is 0 Å². The van der Waals surface area contributed by atoms with Crippen LogP contribution in [0, 0.1) is 0 Å². The van der Waals surface area contributed by atoms with Gasteiger partial charge < -0.3 is 9.13 Å². The minimum absolute atomic E-state index is 0.718. The standard InChI is InChI=1S/C21H19N7O/c1-2-27-14-23-24-18(27)11-12-28-13-22-19(15-7-4-3-5-8-15)21(28)16-9-6-10-17-20(16)26-29-25-17/h3-10,13-14H,2,11-12H2,1H3. The molecule has 5 rings (SSSR count). The van der Waals surface area contributed by atoms with Crippen LogP contribution in [0.3, 0.4) is 0 Å². The van der Waals surface area contributed by atoms with Gasteiger partial charge in [-0.2, -0.15) is 0 Å². The Kier molecular flexibility index (Phi) is 4.36. The number of hydrogen-bond acceptors (Lipinski definition) is 6. The zero-order valence-corrected chi connectivity index (χ0v) is 15.9. The lowest BCUT2D eigenvalue weighted by Gasteiger charge is -2.11. The zero-order valence-electron chi connectivity index (χ0n) is 15.9. The van der Waals surface area contributed by atoms with Gasteiger partial charge in [-0.05, 0) is 23.3 Å². The van der Waals surface area contributed by atoms with Crippen molar-refractivity contribution in [3.63, 3.8) is 0 Å². The Balaban J connectivity index is 1.62. The van der Waals surface area contributed by atoms with Crippen LogP contribution in [0.5, 0.6) is 0 Å². The molecule has 0 saturated heterocycles. The lowest BCUT2D eigenvalue weighted by molar-refractivity contribution is 0.315. The second-order valence-corrected chi connectivity index (χ2v) is 6.72. The summed E-state index contributed by atoms with van der Waals surface area (Å²) in [6, 6.07) is 16.0. The molecule has 0 radical (unpaired) electrons. The number of imidazole rings is 1. The highest BCUT2D eigenvalue weighted by Gasteiger charge is 2.19. The fourth-order valence-corrected chi connectivity index (χ4v) is 3.60. The van der Waals surface area contributed by atoms with Gasteiger partial charge in [-0.1, -0.05) is 42.5 Å². The Morgan fingerprint density at radius 1 is 0.931 bits per heavy atom. The van der Waals surface area contributed by atoms with Crippen molar-refractivity contribution in [1.29, 1.82) is 0 Å². The summed E-state index contributed by atoms with van der Waals surface area (Å²) in [4.78, 5) is 4.74. The molecule has 0 N–H and O–H groups in total. The Labute approximate surface area is 166 Å². The Bertz CT molecular complexity index is 1250. The van der Waals surface area contributed by atoms with E-state index in [1.54, 1.807) is 6.33 Å². The average molecular weight is 385 g/mol. The van der Waals surface area contributed by atoms with E-state index in [2.05, 4.69) is 48.7 Å². The largest absolute Gasteiger partial charge is 0.330 e. The van der Waals surface area contributed by atoms with Crippen molar-refractivity contribution in [3.8, 4) is 22.5 Å². The van der Waals surface area contributed by atoms with E-state index in [1.807, 2.05) is 42.7 Å². The van der Waals surface area contributed by atoms with E-state index in [1.165, 1.54) is 0 Å². The number of rotatable bonds is 6. The molecule has 0 aliphatic heterocycles. The molecule has 2 aromatic carbocycles. The van der Waals surface area contributed by atoms with Crippen LogP contribution in [0.4, 0.5) is 0 Å². The fourth-order valence-electron chi connectivity index (χ4n) is 3.60. The molecule has 0 bridgehead atoms. The van der Waals surface area contributed by atoms with E-state index in [4.69, 9.17) is 9.61 Å². The van der Waals surface area contributed by atoms with Crippen molar-refractivity contribution in [1.82, 2.24) is 34.6 Å². The normalized spacial score (nSPS) is 11.3. The third-order valence-corrected chi connectivity index (χ3v) is 5.04. The van der Waals surface area contributed by atoms with Gasteiger partial charge >= 0.3 is 0 Å². The summed E-state index contributed by atoms with van der Waals surface area (Å²) < 4.78 is 9.18. The maximum absolute atomic E-state index is 4.99. The molecule has 144 valence electrons. The van der Waals surface area contributed by atoms with Crippen LogP contribution in [0.15, 0.2) is 65.8 Å². The Hall–Kier alpha value is -3.81. The molecule has 0 spiro atoms. The predicted octanol–water partition coefficient (Wildman–Crippen LogP) is 3.61. The first kappa shape index (κ1) is 17.3. The molecule has 0 atom stereocenters. The van der Waals surface area contributed by atoms with Crippen molar-refractivity contribution < 1.29 is 4.63 Å². The number of fused-ring (bicyclic) bond motifs is 1. The highest BCUT2D eigenvalue weighted by atomic mass is 16.6. The minimum Gasteiger partial charge on any atom is -0.330 e. The molecule has 0 fully saturated rings. The second-order valence-electron chi connectivity index (χ2n) is 6.72. The topological polar surface area (TPSA) is 87.5 Å². The summed E-state index contributed by atoms with van der Waals surface area (Å²) >= 11 is 0.